The SMILES string of the molecule is Cc1c(C(=O)N2CCNCC2c2nccn2C)cnn1-c1ccc(Cl)cc1. The Hall–Kier alpha value is -2.64. The van der Waals surface area contributed by atoms with E-state index in [9.17, 15) is 4.79 Å². The molecular weight excluding hydrogens is 364 g/mol. The van der Waals surface area contributed by atoms with E-state index < -0.39 is 0 Å². The molecule has 1 amide bonds. The van der Waals surface area contributed by atoms with Gasteiger partial charge in [0, 0.05) is 44.1 Å². The fourth-order valence-electron chi connectivity index (χ4n) is 3.49. The smallest absolute Gasteiger partial charge is 0.258 e. The molecule has 140 valence electrons. The molecule has 8 heteroatoms. The summed E-state index contributed by atoms with van der Waals surface area (Å²) in [6.07, 6.45) is 5.30. The second-order valence-electron chi connectivity index (χ2n) is 6.65. The van der Waals surface area contributed by atoms with Crippen LogP contribution in [-0.4, -0.2) is 49.8 Å². The number of rotatable bonds is 3. The van der Waals surface area contributed by atoms with Gasteiger partial charge in [-0.2, -0.15) is 5.10 Å². The molecule has 7 nitrogen and oxygen atoms in total. The van der Waals surface area contributed by atoms with Gasteiger partial charge < -0.3 is 14.8 Å². The molecule has 27 heavy (non-hydrogen) atoms. The highest BCUT2D eigenvalue weighted by molar-refractivity contribution is 6.30. The maximum Gasteiger partial charge on any atom is 0.258 e. The van der Waals surface area contributed by atoms with Crippen molar-refractivity contribution in [2.45, 2.75) is 13.0 Å². The number of benzene rings is 1. The van der Waals surface area contributed by atoms with Gasteiger partial charge in [-0.15, -0.1) is 0 Å². The molecule has 3 heterocycles. The number of halogens is 1. The monoisotopic (exact) mass is 384 g/mol. The number of imidazole rings is 1. The van der Waals surface area contributed by atoms with Crippen LogP contribution in [0.25, 0.3) is 5.69 Å². The van der Waals surface area contributed by atoms with Crippen molar-refractivity contribution >= 4 is 17.5 Å². The van der Waals surface area contributed by atoms with E-state index in [4.69, 9.17) is 11.6 Å². The summed E-state index contributed by atoms with van der Waals surface area (Å²) in [5, 5.41) is 8.45. The van der Waals surface area contributed by atoms with Crippen LogP contribution in [0.15, 0.2) is 42.9 Å². The van der Waals surface area contributed by atoms with Gasteiger partial charge >= 0.3 is 0 Å². The molecule has 0 spiro atoms. The highest BCUT2D eigenvalue weighted by atomic mass is 35.5. The van der Waals surface area contributed by atoms with E-state index in [1.54, 1.807) is 17.1 Å². The van der Waals surface area contributed by atoms with Crippen molar-refractivity contribution in [1.82, 2.24) is 29.5 Å². The van der Waals surface area contributed by atoms with Crippen LogP contribution in [0.4, 0.5) is 0 Å². The van der Waals surface area contributed by atoms with Gasteiger partial charge in [0.25, 0.3) is 5.91 Å². The molecule has 4 rings (SSSR count). The van der Waals surface area contributed by atoms with E-state index in [2.05, 4.69) is 15.4 Å². The number of amides is 1. The van der Waals surface area contributed by atoms with Crippen LogP contribution in [0.2, 0.25) is 5.02 Å². The standard InChI is InChI=1S/C19H21ClN6O/c1-13-16(11-23-26(13)15-5-3-14(20)4-6-15)19(27)25-10-7-21-12-17(25)18-22-8-9-24(18)2/h3-6,8-9,11,17,21H,7,10,12H2,1-2H3. The molecule has 1 aliphatic rings. The summed E-state index contributed by atoms with van der Waals surface area (Å²) in [5.74, 6) is 0.848. The molecule has 1 fully saturated rings. The summed E-state index contributed by atoms with van der Waals surface area (Å²) in [4.78, 5) is 19.7. The van der Waals surface area contributed by atoms with E-state index in [0.29, 0.717) is 23.7 Å². The van der Waals surface area contributed by atoms with Gasteiger partial charge in [-0.3, -0.25) is 4.79 Å². The van der Waals surface area contributed by atoms with E-state index in [1.165, 1.54) is 0 Å². The first kappa shape index (κ1) is 17.8. The number of hydrogen-bond acceptors (Lipinski definition) is 4. The zero-order valence-electron chi connectivity index (χ0n) is 15.3. The Morgan fingerprint density at radius 3 is 2.78 bits per heavy atom. The molecule has 0 aliphatic carbocycles. The number of hydrogen-bond donors (Lipinski definition) is 1. The first-order chi connectivity index (χ1) is 13.1. The predicted octanol–water partition coefficient (Wildman–Crippen LogP) is 2.35. The lowest BCUT2D eigenvalue weighted by Gasteiger charge is -2.35. The summed E-state index contributed by atoms with van der Waals surface area (Å²) in [6.45, 7) is 3.98. The Balaban J connectivity index is 1.66. The number of nitrogens with one attached hydrogen (secondary N) is 1. The van der Waals surface area contributed by atoms with Gasteiger partial charge in [0.15, 0.2) is 0 Å². The highest BCUT2D eigenvalue weighted by Crippen LogP contribution is 2.25. The predicted molar refractivity (Wildman–Crippen MR) is 103 cm³/mol. The van der Waals surface area contributed by atoms with Crippen molar-refractivity contribution in [3.8, 4) is 5.69 Å². The van der Waals surface area contributed by atoms with Crippen LogP contribution < -0.4 is 5.32 Å². The van der Waals surface area contributed by atoms with E-state index in [1.807, 2.05) is 53.9 Å². The summed E-state index contributed by atoms with van der Waals surface area (Å²) in [7, 11) is 1.95. The average molecular weight is 385 g/mol. The van der Waals surface area contributed by atoms with Crippen molar-refractivity contribution in [2.24, 2.45) is 7.05 Å². The lowest BCUT2D eigenvalue weighted by atomic mass is 10.1. The largest absolute Gasteiger partial charge is 0.336 e. The zero-order valence-corrected chi connectivity index (χ0v) is 16.0. The molecule has 1 atom stereocenters. The first-order valence-corrected chi connectivity index (χ1v) is 9.23. The van der Waals surface area contributed by atoms with Crippen molar-refractivity contribution in [3.63, 3.8) is 0 Å². The van der Waals surface area contributed by atoms with Gasteiger partial charge in [0.2, 0.25) is 0 Å². The maximum atomic E-state index is 13.3. The van der Waals surface area contributed by atoms with Crippen molar-refractivity contribution < 1.29 is 4.79 Å². The number of aromatic nitrogens is 4. The molecule has 1 N–H and O–H groups in total. The van der Waals surface area contributed by atoms with E-state index in [0.717, 1.165) is 23.8 Å². The zero-order chi connectivity index (χ0) is 19.0. The minimum atomic E-state index is -0.107. The second kappa shape index (κ2) is 7.17. The van der Waals surface area contributed by atoms with Crippen LogP contribution in [0.5, 0.6) is 0 Å². The molecule has 0 radical (unpaired) electrons. The van der Waals surface area contributed by atoms with Crippen LogP contribution in [0.3, 0.4) is 0 Å². The number of carbonyl (C=O) groups excluding carboxylic acids is 1. The lowest BCUT2D eigenvalue weighted by molar-refractivity contribution is 0.0620. The van der Waals surface area contributed by atoms with Crippen LogP contribution in [-0.2, 0) is 7.05 Å². The maximum absolute atomic E-state index is 13.3. The molecule has 0 bridgehead atoms. The Labute approximate surface area is 162 Å². The molecule has 3 aromatic rings. The van der Waals surface area contributed by atoms with Gasteiger partial charge in [0.1, 0.15) is 11.9 Å². The molecule has 1 saturated heterocycles. The molecule has 2 aromatic heterocycles. The fraction of sp³-hybridized carbons (Fsp3) is 0.316. The third-order valence-electron chi connectivity index (χ3n) is 4.97. The highest BCUT2D eigenvalue weighted by Gasteiger charge is 2.32. The Kier molecular flexibility index (Phi) is 4.72. The molecule has 0 saturated carbocycles. The van der Waals surface area contributed by atoms with Gasteiger partial charge in [-0.25, -0.2) is 9.67 Å². The van der Waals surface area contributed by atoms with Crippen LogP contribution in [0, 0.1) is 6.92 Å². The first-order valence-electron chi connectivity index (χ1n) is 8.85. The van der Waals surface area contributed by atoms with Gasteiger partial charge in [0.05, 0.1) is 23.1 Å². The molecule has 1 unspecified atom stereocenters. The number of carbonyl (C=O) groups is 1. The number of aryl methyl sites for hydroxylation is 1. The minimum absolute atomic E-state index is 0.0257. The summed E-state index contributed by atoms with van der Waals surface area (Å²) in [5.41, 5.74) is 2.28. The van der Waals surface area contributed by atoms with Gasteiger partial charge in [-0.05, 0) is 31.2 Å². The van der Waals surface area contributed by atoms with Crippen LogP contribution in [0.1, 0.15) is 27.9 Å². The second-order valence-corrected chi connectivity index (χ2v) is 7.08. The number of nitrogens with zero attached hydrogens (tertiary/aromatic N) is 5. The lowest BCUT2D eigenvalue weighted by Crippen LogP contribution is -2.49. The van der Waals surface area contributed by atoms with Crippen LogP contribution >= 0.6 is 11.6 Å². The summed E-state index contributed by atoms with van der Waals surface area (Å²) in [6, 6.07) is 7.29. The number of piperazine rings is 1. The Bertz CT molecular complexity index is 961. The third kappa shape index (κ3) is 3.24. The van der Waals surface area contributed by atoms with Crippen molar-refractivity contribution in [3.05, 3.63) is 65.0 Å². The molecule has 1 aliphatic heterocycles. The normalized spacial score (nSPS) is 17.3. The van der Waals surface area contributed by atoms with Crippen molar-refractivity contribution in [1.29, 1.82) is 0 Å². The summed E-state index contributed by atoms with van der Waals surface area (Å²) >= 11 is 5.97. The van der Waals surface area contributed by atoms with Crippen molar-refractivity contribution in [2.75, 3.05) is 19.6 Å². The third-order valence-corrected chi connectivity index (χ3v) is 5.22. The molecular formula is C19H21ClN6O. The Morgan fingerprint density at radius 2 is 2.07 bits per heavy atom. The molecule has 1 aromatic carbocycles. The average Bonchev–Trinajstić information content (AvgIpc) is 3.27. The minimum Gasteiger partial charge on any atom is -0.336 e. The van der Waals surface area contributed by atoms with E-state index >= 15 is 0 Å². The topological polar surface area (TPSA) is 68.0 Å². The Morgan fingerprint density at radius 1 is 1.30 bits per heavy atom. The van der Waals surface area contributed by atoms with E-state index in [-0.39, 0.29) is 11.9 Å². The quantitative estimate of drug-likeness (QED) is 0.752. The van der Waals surface area contributed by atoms with Gasteiger partial charge in [-0.1, -0.05) is 11.6 Å². The fourth-order valence-corrected chi connectivity index (χ4v) is 3.62. The summed E-state index contributed by atoms with van der Waals surface area (Å²) < 4.78 is 3.73.